The van der Waals surface area contributed by atoms with Crippen molar-refractivity contribution in [1.82, 2.24) is 0 Å². The van der Waals surface area contributed by atoms with Crippen molar-refractivity contribution in [1.29, 1.82) is 0 Å². The Morgan fingerprint density at radius 2 is 1.41 bits per heavy atom. The quantitative estimate of drug-likeness (QED) is 0.728. The van der Waals surface area contributed by atoms with Crippen LogP contribution in [0.1, 0.15) is 15.9 Å². The Hall–Kier alpha value is -2.87. The first-order valence-electron chi connectivity index (χ1n) is 7.26. The van der Waals surface area contributed by atoms with Gasteiger partial charge in [0.15, 0.2) is 0 Å². The predicted molar refractivity (Wildman–Crippen MR) is 91.0 cm³/mol. The zero-order valence-electron chi connectivity index (χ0n) is 12.4. The van der Waals surface area contributed by atoms with Crippen LogP contribution in [0, 0.1) is 6.92 Å². The molecule has 1 N–H and O–H groups in total. The van der Waals surface area contributed by atoms with Crippen LogP contribution in [0.5, 0.6) is 0 Å². The number of anilines is 1. The lowest BCUT2D eigenvalue weighted by Gasteiger charge is -2.10. The largest absolute Gasteiger partial charge is 0.322 e. The Morgan fingerprint density at radius 3 is 2.14 bits per heavy atom. The lowest BCUT2D eigenvalue weighted by molar-refractivity contribution is 0.102. The van der Waals surface area contributed by atoms with E-state index in [0.29, 0.717) is 5.56 Å². The van der Waals surface area contributed by atoms with Gasteiger partial charge < -0.3 is 5.32 Å². The van der Waals surface area contributed by atoms with E-state index in [1.165, 1.54) is 5.56 Å². The molecule has 0 aliphatic heterocycles. The van der Waals surface area contributed by atoms with Crippen LogP contribution in [0.25, 0.3) is 11.1 Å². The molecule has 0 unspecified atom stereocenters. The van der Waals surface area contributed by atoms with Crippen LogP contribution in [0.2, 0.25) is 0 Å². The van der Waals surface area contributed by atoms with Gasteiger partial charge in [0.2, 0.25) is 0 Å². The van der Waals surface area contributed by atoms with Crippen LogP contribution in [0.4, 0.5) is 5.69 Å². The van der Waals surface area contributed by atoms with Gasteiger partial charge in [-0.1, -0.05) is 66.2 Å². The second-order valence-electron chi connectivity index (χ2n) is 5.23. The minimum atomic E-state index is -0.0950. The summed E-state index contributed by atoms with van der Waals surface area (Å²) in [4.78, 5) is 12.6. The third kappa shape index (κ3) is 3.07. The fourth-order valence-electron chi connectivity index (χ4n) is 2.39. The highest BCUT2D eigenvalue weighted by Crippen LogP contribution is 2.24. The number of rotatable bonds is 3. The fourth-order valence-corrected chi connectivity index (χ4v) is 2.39. The molecule has 0 saturated carbocycles. The van der Waals surface area contributed by atoms with Crippen molar-refractivity contribution < 1.29 is 4.79 Å². The number of hydrogen-bond donors (Lipinski definition) is 1. The van der Waals surface area contributed by atoms with E-state index in [0.717, 1.165) is 16.8 Å². The monoisotopic (exact) mass is 287 g/mol. The van der Waals surface area contributed by atoms with Crippen molar-refractivity contribution in [2.24, 2.45) is 0 Å². The molecule has 1 amide bonds. The normalized spacial score (nSPS) is 10.2. The number of carbonyl (C=O) groups is 1. The lowest BCUT2D eigenvalue weighted by Crippen LogP contribution is -2.12. The number of hydrogen-bond acceptors (Lipinski definition) is 1. The predicted octanol–water partition coefficient (Wildman–Crippen LogP) is 4.91. The maximum Gasteiger partial charge on any atom is 0.256 e. The molecule has 0 aromatic heterocycles. The Labute approximate surface area is 130 Å². The van der Waals surface area contributed by atoms with Gasteiger partial charge in [-0.3, -0.25) is 4.79 Å². The summed E-state index contributed by atoms with van der Waals surface area (Å²) in [6.07, 6.45) is 0. The third-order valence-corrected chi connectivity index (χ3v) is 3.57. The lowest BCUT2D eigenvalue weighted by atomic mass is 9.98. The van der Waals surface area contributed by atoms with E-state index in [2.05, 4.69) is 24.4 Å². The highest BCUT2D eigenvalue weighted by Gasteiger charge is 2.12. The molecule has 0 fully saturated rings. The Morgan fingerprint density at radius 1 is 0.773 bits per heavy atom. The molecule has 2 heteroatoms. The van der Waals surface area contributed by atoms with E-state index < -0.39 is 0 Å². The summed E-state index contributed by atoms with van der Waals surface area (Å²) in [7, 11) is 0. The van der Waals surface area contributed by atoms with Gasteiger partial charge in [-0.15, -0.1) is 0 Å². The van der Waals surface area contributed by atoms with Crippen molar-refractivity contribution in [2.45, 2.75) is 6.92 Å². The average molecular weight is 287 g/mol. The maximum atomic E-state index is 12.6. The van der Waals surface area contributed by atoms with Crippen molar-refractivity contribution in [3.63, 3.8) is 0 Å². The molecule has 3 rings (SSSR count). The van der Waals surface area contributed by atoms with Gasteiger partial charge in [0, 0.05) is 11.3 Å². The molecule has 2 nitrogen and oxygen atoms in total. The first-order valence-corrected chi connectivity index (χ1v) is 7.26. The van der Waals surface area contributed by atoms with Crippen molar-refractivity contribution in [2.75, 3.05) is 5.32 Å². The summed E-state index contributed by atoms with van der Waals surface area (Å²) in [5, 5.41) is 2.94. The van der Waals surface area contributed by atoms with Crippen LogP contribution in [0.15, 0.2) is 78.9 Å². The van der Waals surface area contributed by atoms with Crippen molar-refractivity contribution >= 4 is 11.6 Å². The summed E-state index contributed by atoms with van der Waals surface area (Å²) in [5.74, 6) is -0.0950. The molecule has 0 aliphatic carbocycles. The summed E-state index contributed by atoms with van der Waals surface area (Å²) < 4.78 is 0. The van der Waals surface area contributed by atoms with Gasteiger partial charge in [-0.2, -0.15) is 0 Å². The van der Waals surface area contributed by atoms with Crippen molar-refractivity contribution in [3.05, 3.63) is 90.0 Å². The van der Waals surface area contributed by atoms with E-state index in [1.54, 1.807) is 0 Å². The van der Waals surface area contributed by atoms with Crippen LogP contribution < -0.4 is 5.32 Å². The minimum absolute atomic E-state index is 0.0950. The molecule has 3 aromatic carbocycles. The first kappa shape index (κ1) is 14.1. The molecule has 0 aliphatic rings. The highest BCUT2D eigenvalue weighted by atomic mass is 16.1. The molecule has 3 aromatic rings. The molecule has 0 bridgehead atoms. The number of amides is 1. The molecular weight excluding hydrogens is 270 g/mol. The zero-order chi connectivity index (χ0) is 15.4. The number of aryl methyl sites for hydroxylation is 1. The van der Waals surface area contributed by atoms with E-state index in [-0.39, 0.29) is 5.91 Å². The van der Waals surface area contributed by atoms with E-state index in [4.69, 9.17) is 0 Å². The SMILES string of the molecule is Cc1ccc(-c2ccccc2C(=O)Nc2ccccc2)cc1. The summed E-state index contributed by atoms with van der Waals surface area (Å²) >= 11 is 0. The Kier molecular flexibility index (Phi) is 4.01. The first-order chi connectivity index (χ1) is 10.7. The third-order valence-electron chi connectivity index (χ3n) is 3.57. The van der Waals surface area contributed by atoms with E-state index in [9.17, 15) is 4.79 Å². The van der Waals surface area contributed by atoms with E-state index >= 15 is 0 Å². The molecular formula is C20H17NO. The molecule has 0 radical (unpaired) electrons. The Balaban J connectivity index is 1.94. The van der Waals surface area contributed by atoms with Crippen LogP contribution >= 0.6 is 0 Å². The standard InChI is InChI=1S/C20H17NO/c1-15-11-13-16(14-12-15)18-9-5-6-10-19(18)20(22)21-17-7-3-2-4-8-17/h2-14H,1H3,(H,21,22). The highest BCUT2D eigenvalue weighted by molar-refractivity contribution is 6.08. The average Bonchev–Trinajstić information content (AvgIpc) is 2.56. The van der Waals surface area contributed by atoms with Crippen LogP contribution in [-0.2, 0) is 0 Å². The van der Waals surface area contributed by atoms with Crippen molar-refractivity contribution in [3.8, 4) is 11.1 Å². The van der Waals surface area contributed by atoms with E-state index in [1.807, 2.05) is 66.7 Å². The van der Waals surface area contributed by atoms with Gasteiger partial charge in [-0.05, 0) is 36.2 Å². The maximum absolute atomic E-state index is 12.6. The number of nitrogens with one attached hydrogen (secondary N) is 1. The van der Waals surface area contributed by atoms with Gasteiger partial charge in [-0.25, -0.2) is 0 Å². The van der Waals surface area contributed by atoms with Gasteiger partial charge >= 0.3 is 0 Å². The van der Waals surface area contributed by atoms with Crippen LogP contribution in [-0.4, -0.2) is 5.91 Å². The molecule has 0 atom stereocenters. The van der Waals surface area contributed by atoms with Gasteiger partial charge in [0.25, 0.3) is 5.91 Å². The summed E-state index contributed by atoms with van der Waals surface area (Å²) in [6.45, 7) is 2.05. The number of carbonyl (C=O) groups excluding carboxylic acids is 1. The number of benzene rings is 3. The number of para-hydroxylation sites is 1. The molecule has 0 heterocycles. The zero-order valence-corrected chi connectivity index (χ0v) is 12.4. The molecule has 108 valence electrons. The van der Waals surface area contributed by atoms with Gasteiger partial charge in [0.05, 0.1) is 0 Å². The molecule has 0 saturated heterocycles. The topological polar surface area (TPSA) is 29.1 Å². The second-order valence-corrected chi connectivity index (χ2v) is 5.23. The fraction of sp³-hybridized carbons (Fsp3) is 0.0500. The van der Waals surface area contributed by atoms with Gasteiger partial charge in [0.1, 0.15) is 0 Å². The molecule has 22 heavy (non-hydrogen) atoms. The molecule has 0 spiro atoms. The van der Waals surface area contributed by atoms with Crippen LogP contribution in [0.3, 0.4) is 0 Å². The smallest absolute Gasteiger partial charge is 0.256 e. The minimum Gasteiger partial charge on any atom is -0.322 e. The summed E-state index contributed by atoms with van der Waals surface area (Å²) in [5.41, 5.74) is 4.66. The summed E-state index contributed by atoms with van der Waals surface area (Å²) in [6, 6.07) is 25.4. The Bertz CT molecular complexity index is 776. The second kappa shape index (κ2) is 6.27.